The first-order valence-electron chi connectivity index (χ1n) is 7.68. The van der Waals surface area contributed by atoms with Gasteiger partial charge in [-0.25, -0.2) is 4.79 Å². The summed E-state index contributed by atoms with van der Waals surface area (Å²) < 4.78 is 20.9. The van der Waals surface area contributed by atoms with Crippen LogP contribution in [-0.2, 0) is 16.1 Å². The van der Waals surface area contributed by atoms with Crippen LogP contribution in [0, 0.1) is 0 Å². The van der Waals surface area contributed by atoms with Crippen LogP contribution >= 0.6 is 0 Å². The average Bonchev–Trinajstić information content (AvgIpc) is 3.15. The molecule has 6 nitrogen and oxygen atoms in total. The number of rotatable bonds is 7. The van der Waals surface area contributed by atoms with Crippen molar-refractivity contribution in [2.75, 3.05) is 13.7 Å². The Morgan fingerprint density at radius 3 is 2.64 bits per heavy atom. The van der Waals surface area contributed by atoms with Crippen LogP contribution in [0.25, 0.3) is 11.3 Å². The molecule has 0 saturated carbocycles. The molecule has 25 heavy (non-hydrogen) atoms. The van der Waals surface area contributed by atoms with Crippen LogP contribution in [0.5, 0.6) is 11.5 Å². The van der Waals surface area contributed by atoms with Crippen molar-refractivity contribution in [1.29, 1.82) is 0 Å². The number of carbonyl (C=O) groups excluding carboxylic acids is 1. The molecule has 0 amide bonds. The molecule has 0 radical (unpaired) electrons. The zero-order valence-corrected chi connectivity index (χ0v) is 13.7. The summed E-state index contributed by atoms with van der Waals surface area (Å²) in [6.45, 7) is -0.173. The molecule has 1 heterocycles. The van der Waals surface area contributed by atoms with Crippen molar-refractivity contribution in [2.24, 2.45) is 0 Å². The summed E-state index contributed by atoms with van der Waals surface area (Å²) in [7, 11) is 1.56. The van der Waals surface area contributed by atoms with E-state index in [2.05, 4.69) is 5.16 Å². The van der Waals surface area contributed by atoms with E-state index in [4.69, 9.17) is 18.7 Å². The molecule has 0 N–H and O–H groups in total. The molecule has 3 aromatic rings. The zero-order valence-electron chi connectivity index (χ0n) is 13.7. The highest BCUT2D eigenvalue weighted by Gasteiger charge is 2.10. The predicted molar refractivity (Wildman–Crippen MR) is 90.2 cm³/mol. The summed E-state index contributed by atoms with van der Waals surface area (Å²) >= 11 is 0. The monoisotopic (exact) mass is 339 g/mol. The first-order chi connectivity index (χ1) is 12.2. The highest BCUT2D eigenvalue weighted by atomic mass is 16.6. The van der Waals surface area contributed by atoms with E-state index in [1.54, 1.807) is 37.4 Å². The molecule has 3 rings (SSSR count). The minimum atomic E-state index is -0.493. The summed E-state index contributed by atoms with van der Waals surface area (Å²) in [4.78, 5) is 11.8. The van der Waals surface area contributed by atoms with Crippen molar-refractivity contribution in [3.05, 3.63) is 66.4 Å². The fourth-order valence-corrected chi connectivity index (χ4v) is 2.15. The molecule has 6 heteroatoms. The topological polar surface area (TPSA) is 70.8 Å². The van der Waals surface area contributed by atoms with Gasteiger partial charge in [-0.3, -0.25) is 0 Å². The molecule has 0 aliphatic heterocycles. The third-order valence-corrected chi connectivity index (χ3v) is 3.40. The fourth-order valence-electron chi connectivity index (χ4n) is 2.15. The first kappa shape index (κ1) is 16.6. The molecule has 0 bridgehead atoms. The second-order valence-electron chi connectivity index (χ2n) is 5.18. The lowest BCUT2D eigenvalue weighted by Gasteiger charge is -2.07. The van der Waals surface area contributed by atoms with Gasteiger partial charge in [-0.2, -0.15) is 0 Å². The SMILES string of the molecule is COc1cccc(OCC(=O)OCc2cc(-c3ccccc3)on2)c1. The Morgan fingerprint density at radius 2 is 1.84 bits per heavy atom. The maximum absolute atomic E-state index is 11.8. The highest BCUT2D eigenvalue weighted by molar-refractivity contribution is 5.71. The van der Waals surface area contributed by atoms with Crippen LogP contribution in [0.15, 0.2) is 65.2 Å². The molecule has 128 valence electrons. The quantitative estimate of drug-likeness (QED) is 0.614. The van der Waals surface area contributed by atoms with Gasteiger partial charge in [-0.15, -0.1) is 0 Å². The number of nitrogens with zero attached hydrogens (tertiary/aromatic N) is 1. The van der Waals surface area contributed by atoms with Crippen LogP contribution in [0.4, 0.5) is 0 Å². The number of hydrogen-bond acceptors (Lipinski definition) is 6. The Bertz CT molecular complexity index is 829. The third-order valence-electron chi connectivity index (χ3n) is 3.40. The molecule has 0 spiro atoms. The Kier molecular flexibility index (Phi) is 5.31. The van der Waals surface area contributed by atoms with E-state index in [0.717, 1.165) is 5.56 Å². The zero-order chi connectivity index (χ0) is 17.5. The van der Waals surface area contributed by atoms with Crippen molar-refractivity contribution < 1.29 is 23.5 Å². The van der Waals surface area contributed by atoms with Crippen LogP contribution < -0.4 is 9.47 Å². The van der Waals surface area contributed by atoms with E-state index >= 15 is 0 Å². The van der Waals surface area contributed by atoms with Crippen LogP contribution in [0.1, 0.15) is 5.69 Å². The van der Waals surface area contributed by atoms with E-state index in [1.165, 1.54) is 0 Å². The number of aromatic nitrogens is 1. The molecule has 0 fully saturated rings. The lowest BCUT2D eigenvalue weighted by molar-refractivity contribution is -0.147. The molecule has 0 atom stereocenters. The molecule has 1 aromatic heterocycles. The molecule has 0 aliphatic rings. The second kappa shape index (κ2) is 8.01. The lowest BCUT2D eigenvalue weighted by atomic mass is 10.2. The van der Waals surface area contributed by atoms with E-state index in [1.807, 2.05) is 30.3 Å². The van der Waals surface area contributed by atoms with Crippen molar-refractivity contribution >= 4 is 5.97 Å². The van der Waals surface area contributed by atoms with Gasteiger partial charge in [0.05, 0.1) is 7.11 Å². The maximum Gasteiger partial charge on any atom is 0.344 e. The predicted octanol–water partition coefficient (Wildman–Crippen LogP) is 3.47. The Morgan fingerprint density at radius 1 is 1.04 bits per heavy atom. The largest absolute Gasteiger partial charge is 0.497 e. The number of carbonyl (C=O) groups is 1. The number of benzene rings is 2. The third kappa shape index (κ3) is 4.60. The summed E-state index contributed by atoms with van der Waals surface area (Å²) in [6, 6.07) is 18.3. The van der Waals surface area contributed by atoms with Gasteiger partial charge in [0.1, 0.15) is 23.8 Å². The summed E-state index contributed by atoms with van der Waals surface area (Å²) in [5, 5.41) is 3.90. The van der Waals surface area contributed by atoms with E-state index in [-0.39, 0.29) is 13.2 Å². The second-order valence-corrected chi connectivity index (χ2v) is 5.18. The normalized spacial score (nSPS) is 10.3. The average molecular weight is 339 g/mol. The Balaban J connectivity index is 1.48. The first-order valence-corrected chi connectivity index (χ1v) is 7.68. The molecule has 2 aromatic carbocycles. The van der Waals surface area contributed by atoms with E-state index < -0.39 is 5.97 Å². The maximum atomic E-state index is 11.8. The van der Waals surface area contributed by atoms with Gasteiger partial charge in [-0.1, -0.05) is 41.6 Å². The van der Waals surface area contributed by atoms with Gasteiger partial charge < -0.3 is 18.7 Å². The summed E-state index contributed by atoms with van der Waals surface area (Å²) in [6.07, 6.45) is 0. The molecule has 0 unspecified atom stereocenters. The molecular formula is C19H17NO5. The van der Waals surface area contributed by atoms with Gasteiger partial charge in [-0.05, 0) is 12.1 Å². The smallest absolute Gasteiger partial charge is 0.344 e. The number of methoxy groups -OCH3 is 1. The van der Waals surface area contributed by atoms with Crippen molar-refractivity contribution in [3.8, 4) is 22.8 Å². The summed E-state index contributed by atoms with van der Waals surface area (Å²) in [5.74, 6) is 1.32. The summed E-state index contributed by atoms with van der Waals surface area (Å²) in [5.41, 5.74) is 1.45. The van der Waals surface area contributed by atoms with Crippen LogP contribution in [0.2, 0.25) is 0 Å². The molecular weight excluding hydrogens is 322 g/mol. The van der Waals surface area contributed by atoms with Gasteiger partial charge in [0.15, 0.2) is 12.4 Å². The number of esters is 1. The van der Waals surface area contributed by atoms with Gasteiger partial charge in [0.25, 0.3) is 0 Å². The Hall–Kier alpha value is -3.28. The van der Waals surface area contributed by atoms with E-state index in [9.17, 15) is 4.79 Å². The minimum absolute atomic E-state index is 0.0244. The fraction of sp³-hybridized carbons (Fsp3) is 0.158. The van der Waals surface area contributed by atoms with Crippen molar-refractivity contribution in [2.45, 2.75) is 6.61 Å². The molecule has 0 aliphatic carbocycles. The minimum Gasteiger partial charge on any atom is -0.497 e. The molecule has 0 saturated heterocycles. The van der Waals surface area contributed by atoms with Gasteiger partial charge in [0, 0.05) is 17.7 Å². The van der Waals surface area contributed by atoms with Gasteiger partial charge in [0.2, 0.25) is 0 Å². The number of hydrogen-bond donors (Lipinski definition) is 0. The number of ether oxygens (including phenoxy) is 3. The van der Waals surface area contributed by atoms with Crippen LogP contribution in [0.3, 0.4) is 0 Å². The van der Waals surface area contributed by atoms with E-state index in [0.29, 0.717) is 23.0 Å². The highest BCUT2D eigenvalue weighted by Crippen LogP contribution is 2.20. The van der Waals surface area contributed by atoms with Gasteiger partial charge >= 0.3 is 5.97 Å². The lowest BCUT2D eigenvalue weighted by Crippen LogP contribution is -2.14. The van der Waals surface area contributed by atoms with Crippen molar-refractivity contribution in [1.82, 2.24) is 5.16 Å². The van der Waals surface area contributed by atoms with Crippen molar-refractivity contribution in [3.63, 3.8) is 0 Å². The standard InChI is InChI=1S/C19H17NO5/c1-22-16-8-5-9-17(11-16)23-13-19(21)24-12-15-10-18(25-20-15)14-6-3-2-4-7-14/h2-11H,12-13H2,1H3. The Labute approximate surface area is 144 Å². The van der Waals surface area contributed by atoms with Crippen LogP contribution in [-0.4, -0.2) is 24.8 Å².